The molecule has 0 aliphatic heterocycles. The van der Waals surface area contributed by atoms with E-state index in [2.05, 4.69) is 27.4 Å². The third-order valence-electron chi connectivity index (χ3n) is 4.09. The predicted octanol–water partition coefficient (Wildman–Crippen LogP) is 4.57. The third kappa shape index (κ3) is 4.10. The number of rotatable bonds is 4. The fraction of sp³-hybridized carbons (Fsp3) is 0.0455. The number of imidazole rings is 1. The molecule has 2 N–H and O–H groups in total. The highest BCUT2D eigenvalue weighted by atomic mass is 15.3. The van der Waals surface area contributed by atoms with Crippen LogP contribution in [-0.4, -0.2) is 22.0 Å². The summed E-state index contributed by atoms with van der Waals surface area (Å²) in [7, 11) is 0. The first-order chi connectivity index (χ1) is 13.3. The normalized spacial score (nSPS) is 12.0. The molecule has 0 aliphatic carbocycles. The van der Waals surface area contributed by atoms with Gasteiger partial charge in [-0.05, 0) is 31.2 Å². The zero-order valence-electron chi connectivity index (χ0n) is 14.9. The fourth-order valence-corrected chi connectivity index (χ4v) is 2.69. The van der Waals surface area contributed by atoms with Gasteiger partial charge in [0.25, 0.3) is 0 Å². The summed E-state index contributed by atoms with van der Waals surface area (Å²) in [6.07, 6.45) is 1.66. The van der Waals surface area contributed by atoms with Crippen molar-refractivity contribution in [2.24, 2.45) is 10.1 Å². The van der Waals surface area contributed by atoms with Gasteiger partial charge < -0.3 is 4.98 Å². The van der Waals surface area contributed by atoms with Crippen molar-refractivity contribution in [1.82, 2.24) is 15.4 Å². The molecule has 132 valence electrons. The van der Waals surface area contributed by atoms with E-state index in [1.807, 2.05) is 78.9 Å². The SMILES string of the molecule is Cc1ccc(N=C(N/N=C\c2nc3ccccc3[nH]2)c2ccccc2)cc1. The number of nitrogens with one attached hydrogen (secondary N) is 2. The van der Waals surface area contributed by atoms with E-state index in [-0.39, 0.29) is 0 Å². The van der Waals surface area contributed by atoms with Gasteiger partial charge in [-0.15, -0.1) is 0 Å². The Balaban J connectivity index is 1.60. The Labute approximate surface area is 157 Å². The van der Waals surface area contributed by atoms with Crippen LogP contribution in [0, 0.1) is 6.92 Å². The molecule has 0 atom stereocenters. The van der Waals surface area contributed by atoms with Crippen LogP contribution in [0.4, 0.5) is 5.69 Å². The quantitative estimate of drug-likeness (QED) is 0.320. The van der Waals surface area contributed by atoms with E-state index in [9.17, 15) is 0 Å². The summed E-state index contributed by atoms with van der Waals surface area (Å²) in [5, 5.41) is 4.33. The molecular formula is C22H19N5. The Morgan fingerprint density at radius 1 is 0.926 bits per heavy atom. The first-order valence-electron chi connectivity index (χ1n) is 8.72. The molecule has 0 amide bonds. The van der Waals surface area contributed by atoms with Crippen LogP contribution in [0.5, 0.6) is 0 Å². The van der Waals surface area contributed by atoms with Gasteiger partial charge in [-0.1, -0.05) is 60.2 Å². The van der Waals surface area contributed by atoms with Gasteiger partial charge in [0.2, 0.25) is 0 Å². The number of hydrogen-bond acceptors (Lipinski definition) is 3. The van der Waals surface area contributed by atoms with Crippen molar-refractivity contribution in [3.63, 3.8) is 0 Å². The van der Waals surface area contributed by atoms with Gasteiger partial charge in [-0.3, -0.25) is 5.43 Å². The molecule has 1 heterocycles. The average molecular weight is 353 g/mol. The lowest BCUT2D eigenvalue weighted by atomic mass is 10.2. The maximum atomic E-state index is 4.71. The Bertz CT molecular complexity index is 1060. The Morgan fingerprint density at radius 2 is 1.67 bits per heavy atom. The zero-order valence-corrected chi connectivity index (χ0v) is 14.9. The molecule has 0 saturated carbocycles. The van der Waals surface area contributed by atoms with E-state index >= 15 is 0 Å². The maximum Gasteiger partial charge on any atom is 0.154 e. The second kappa shape index (κ2) is 7.66. The molecule has 4 rings (SSSR count). The molecule has 0 spiro atoms. The van der Waals surface area contributed by atoms with Crippen LogP contribution in [0.1, 0.15) is 17.0 Å². The van der Waals surface area contributed by atoms with Gasteiger partial charge in [0, 0.05) is 5.56 Å². The van der Waals surface area contributed by atoms with Crippen LogP contribution in [0.15, 0.2) is 89.0 Å². The van der Waals surface area contributed by atoms with Gasteiger partial charge in [0.05, 0.1) is 22.9 Å². The maximum absolute atomic E-state index is 4.71. The number of nitrogens with zero attached hydrogens (tertiary/aromatic N) is 3. The van der Waals surface area contributed by atoms with Crippen molar-refractivity contribution in [3.05, 3.63) is 95.8 Å². The minimum Gasteiger partial charge on any atom is -0.337 e. The van der Waals surface area contributed by atoms with E-state index in [0.29, 0.717) is 11.7 Å². The van der Waals surface area contributed by atoms with Crippen LogP contribution in [-0.2, 0) is 0 Å². The summed E-state index contributed by atoms with van der Waals surface area (Å²) < 4.78 is 0. The fourth-order valence-electron chi connectivity index (χ4n) is 2.69. The van der Waals surface area contributed by atoms with Crippen LogP contribution < -0.4 is 5.43 Å². The van der Waals surface area contributed by atoms with E-state index in [1.54, 1.807) is 6.21 Å². The summed E-state index contributed by atoms with van der Waals surface area (Å²) in [5.41, 5.74) is 7.97. The molecule has 4 aromatic rings. The largest absolute Gasteiger partial charge is 0.337 e. The summed E-state index contributed by atoms with van der Waals surface area (Å²) in [6.45, 7) is 2.06. The zero-order chi connectivity index (χ0) is 18.5. The number of aromatic nitrogens is 2. The number of benzene rings is 3. The number of hydrogen-bond donors (Lipinski definition) is 2. The van der Waals surface area contributed by atoms with Crippen molar-refractivity contribution in [2.75, 3.05) is 0 Å². The number of aryl methyl sites for hydroxylation is 1. The molecular weight excluding hydrogens is 334 g/mol. The van der Waals surface area contributed by atoms with E-state index in [4.69, 9.17) is 4.99 Å². The molecule has 27 heavy (non-hydrogen) atoms. The standard InChI is InChI=1S/C22H19N5/c1-16-11-13-18(14-12-16)24-22(17-7-3-2-4-8-17)27-23-15-21-25-19-9-5-6-10-20(19)26-21/h2-15H,1H3,(H,24,27)(H,25,26)/b23-15-. The lowest BCUT2D eigenvalue weighted by Crippen LogP contribution is -2.19. The van der Waals surface area contributed by atoms with Gasteiger partial charge in [-0.2, -0.15) is 5.10 Å². The van der Waals surface area contributed by atoms with E-state index in [0.717, 1.165) is 22.3 Å². The minimum absolute atomic E-state index is 0.673. The van der Waals surface area contributed by atoms with Gasteiger partial charge in [0.1, 0.15) is 0 Å². The second-order valence-corrected chi connectivity index (χ2v) is 6.17. The van der Waals surface area contributed by atoms with Crippen molar-refractivity contribution in [3.8, 4) is 0 Å². The highest BCUT2D eigenvalue weighted by Gasteiger charge is 2.03. The van der Waals surface area contributed by atoms with E-state index < -0.39 is 0 Å². The van der Waals surface area contributed by atoms with Crippen molar-refractivity contribution in [2.45, 2.75) is 6.92 Å². The number of aliphatic imine (C=N–C) groups is 1. The van der Waals surface area contributed by atoms with Crippen LogP contribution in [0.2, 0.25) is 0 Å². The van der Waals surface area contributed by atoms with E-state index in [1.165, 1.54) is 5.56 Å². The lowest BCUT2D eigenvalue weighted by molar-refractivity contribution is 1.03. The highest BCUT2D eigenvalue weighted by Crippen LogP contribution is 2.14. The van der Waals surface area contributed by atoms with Crippen LogP contribution in [0.3, 0.4) is 0 Å². The van der Waals surface area contributed by atoms with Gasteiger partial charge >= 0.3 is 0 Å². The number of amidine groups is 1. The summed E-state index contributed by atoms with van der Waals surface area (Å²) >= 11 is 0. The van der Waals surface area contributed by atoms with Crippen LogP contribution >= 0.6 is 0 Å². The Kier molecular flexibility index (Phi) is 4.74. The summed E-state index contributed by atoms with van der Waals surface area (Å²) in [5.74, 6) is 1.36. The summed E-state index contributed by atoms with van der Waals surface area (Å²) in [4.78, 5) is 12.4. The average Bonchev–Trinajstić information content (AvgIpc) is 3.12. The smallest absolute Gasteiger partial charge is 0.154 e. The minimum atomic E-state index is 0.673. The lowest BCUT2D eigenvalue weighted by Gasteiger charge is -2.06. The highest BCUT2D eigenvalue weighted by molar-refractivity contribution is 6.00. The molecule has 3 aromatic carbocycles. The monoisotopic (exact) mass is 353 g/mol. The van der Waals surface area contributed by atoms with Crippen molar-refractivity contribution < 1.29 is 0 Å². The first-order valence-corrected chi connectivity index (χ1v) is 8.72. The Hall–Kier alpha value is -3.73. The molecule has 5 heteroatoms. The topological polar surface area (TPSA) is 65.4 Å². The van der Waals surface area contributed by atoms with Crippen LogP contribution in [0.25, 0.3) is 11.0 Å². The molecule has 0 bridgehead atoms. The van der Waals surface area contributed by atoms with Crippen molar-refractivity contribution in [1.29, 1.82) is 0 Å². The number of fused-ring (bicyclic) bond motifs is 1. The van der Waals surface area contributed by atoms with Crippen molar-refractivity contribution >= 4 is 28.8 Å². The number of H-pyrrole nitrogens is 1. The molecule has 5 nitrogen and oxygen atoms in total. The molecule has 0 unspecified atom stereocenters. The number of aromatic amines is 1. The first kappa shape index (κ1) is 16.7. The van der Waals surface area contributed by atoms with Gasteiger partial charge in [0.15, 0.2) is 11.7 Å². The van der Waals surface area contributed by atoms with Gasteiger partial charge in [-0.25, -0.2) is 9.98 Å². The predicted molar refractivity (Wildman–Crippen MR) is 111 cm³/mol. The molecule has 1 aromatic heterocycles. The summed E-state index contributed by atoms with van der Waals surface area (Å²) in [6, 6.07) is 25.9. The third-order valence-corrected chi connectivity index (χ3v) is 4.09. The number of hydrazone groups is 1. The number of para-hydroxylation sites is 2. The molecule has 0 saturated heterocycles. The second-order valence-electron chi connectivity index (χ2n) is 6.17. The molecule has 0 radical (unpaired) electrons. The molecule has 0 aliphatic rings. The Morgan fingerprint density at radius 3 is 2.44 bits per heavy atom. The molecule has 0 fully saturated rings.